The van der Waals surface area contributed by atoms with Crippen molar-refractivity contribution in [1.29, 1.82) is 0 Å². The third-order valence-corrected chi connectivity index (χ3v) is 3.90. The summed E-state index contributed by atoms with van der Waals surface area (Å²) in [7, 11) is 0. The van der Waals surface area contributed by atoms with E-state index in [1.165, 1.54) is 6.07 Å². The lowest BCUT2D eigenvalue weighted by molar-refractivity contribution is 0.0685. The molecule has 1 heterocycles. The molecule has 4 nitrogen and oxygen atoms in total. The van der Waals surface area contributed by atoms with E-state index in [0.717, 1.165) is 32.4 Å². The van der Waals surface area contributed by atoms with Crippen molar-refractivity contribution < 1.29 is 9.90 Å². The van der Waals surface area contributed by atoms with Gasteiger partial charge in [0.25, 0.3) is 5.91 Å². The zero-order chi connectivity index (χ0) is 13.8. The van der Waals surface area contributed by atoms with Gasteiger partial charge in [0.15, 0.2) is 0 Å². The highest BCUT2D eigenvalue weighted by Crippen LogP contribution is 2.26. The molecule has 0 spiro atoms. The first-order valence-corrected chi connectivity index (χ1v) is 6.97. The molecule has 1 fully saturated rings. The summed E-state index contributed by atoms with van der Waals surface area (Å²) in [6.45, 7) is 2.16. The number of hydrogen-bond acceptors (Lipinski definition) is 3. The molecule has 0 saturated carbocycles. The number of amides is 1. The fraction of sp³-hybridized carbons (Fsp3) is 0.500. The minimum atomic E-state index is -0.125. The molecule has 1 aliphatic rings. The lowest BCUT2D eigenvalue weighted by Gasteiger charge is -2.32. The maximum Gasteiger partial charge on any atom is 0.257 e. The molecular weight excluding hydrogens is 264 g/mol. The van der Waals surface area contributed by atoms with E-state index in [0.29, 0.717) is 23.0 Å². The third kappa shape index (κ3) is 3.39. The molecule has 2 rings (SSSR count). The van der Waals surface area contributed by atoms with Gasteiger partial charge in [-0.2, -0.15) is 0 Å². The normalized spacial score (nSPS) is 16.6. The fourth-order valence-electron chi connectivity index (χ4n) is 2.52. The molecule has 3 N–H and O–H groups in total. The number of aromatic hydroxyl groups is 1. The van der Waals surface area contributed by atoms with Crippen molar-refractivity contribution in [3.63, 3.8) is 0 Å². The maximum absolute atomic E-state index is 12.3. The third-order valence-electron chi connectivity index (χ3n) is 3.67. The van der Waals surface area contributed by atoms with Crippen LogP contribution in [0.4, 0.5) is 0 Å². The molecule has 1 amide bonds. The number of rotatable bonds is 3. The predicted octanol–water partition coefficient (Wildman–Crippen LogP) is 2.25. The predicted molar refractivity (Wildman–Crippen MR) is 75.4 cm³/mol. The Kier molecular flexibility index (Phi) is 4.66. The summed E-state index contributed by atoms with van der Waals surface area (Å²) < 4.78 is 0. The van der Waals surface area contributed by atoms with Gasteiger partial charge in [-0.05, 0) is 49.9 Å². The van der Waals surface area contributed by atoms with Crippen LogP contribution in [0.2, 0.25) is 5.02 Å². The molecule has 0 aliphatic carbocycles. The topological polar surface area (TPSA) is 66.6 Å². The molecule has 0 atom stereocenters. The summed E-state index contributed by atoms with van der Waals surface area (Å²) in [5.74, 6) is 0.440. The van der Waals surface area contributed by atoms with E-state index in [9.17, 15) is 9.90 Å². The van der Waals surface area contributed by atoms with Crippen molar-refractivity contribution in [2.45, 2.75) is 19.3 Å². The molecule has 104 valence electrons. The molecule has 1 aliphatic heterocycles. The first-order valence-electron chi connectivity index (χ1n) is 6.59. The van der Waals surface area contributed by atoms with Gasteiger partial charge in [-0.3, -0.25) is 4.79 Å². The Labute approximate surface area is 118 Å². The molecule has 0 aromatic heterocycles. The van der Waals surface area contributed by atoms with Crippen LogP contribution >= 0.6 is 11.6 Å². The van der Waals surface area contributed by atoms with Crippen LogP contribution in [0.15, 0.2) is 18.2 Å². The highest BCUT2D eigenvalue weighted by Gasteiger charge is 2.24. The SMILES string of the molecule is NCCC1CCN(C(=O)c2ccc(Cl)cc2O)CC1. The van der Waals surface area contributed by atoms with Gasteiger partial charge < -0.3 is 15.7 Å². The number of hydrogen-bond donors (Lipinski definition) is 2. The van der Waals surface area contributed by atoms with Crippen molar-refractivity contribution in [3.05, 3.63) is 28.8 Å². The summed E-state index contributed by atoms with van der Waals surface area (Å²) in [5, 5.41) is 10.2. The second-order valence-electron chi connectivity index (χ2n) is 4.97. The van der Waals surface area contributed by atoms with E-state index in [-0.39, 0.29) is 11.7 Å². The Morgan fingerprint density at radius 1 is 1.42 bits per heavy atom. The smallest absolute Gasteiger partial charge is 0.257 e. The molecule has 19 heavy (non-hydrogen) atoms. The average molecular weight is 283 g/mol. The van der Waals surface area contributed by atoms with E-state index in [2.05, 4.69) is 0 Å². The second-order valence-corrected chi connectivity index (χ2v) is 5.41. The van der Waals surface area contributed by atoms with Crippen molar-refractivity contribution in [3.8, 4) is 5.75 Å². The lowest BCUT2D eigenvalue weighted by Crippen LogP contribution is -2.38. The van der Waals surface area contributed by atoms with Crippen molar-refractivity contribution in [2.75, 3.05) is 19.6 Å². The number of benzene rings is 1. The molecule has 1 saturated heterocycles. The molecule has 1 aromatic carbocycles. The lowest BCUT2D eigenvalue weighted by atomic mass is 9.93. The number of likely N-dealkylation sites (tertiary alicyclic amines) is 1. The summed E-state index contributed by atoms with van der Waals surface area (Å²) in [4.78, 5) is 14.1. The molecule has 0 bridgehead atoms. The van der Waals surface area contributed by atoms with Crippen LogP contribution in [-0.2, 0) is 0 Å². The van der Waals surface area contributed by atoms with Gasteiger partial charge in [-0.1, -0.05) is 11.6 Å². The van der Waals surface area contributed by atoms with Crippen LogP contribution in [0.1, 0.15) is 29.6 Å². The average Bonchev–Trinajstić information content (AvgIpc) is 2.39. The first-order chi connectivity index (χ1) is 9.11. The second kappa shape index (κ2) is 6.26. The van der Waals surface area contributed by atoms with Gasteiger partial charge >= 0.3 is 0 Å². The monoisotopic (exact) mass is 282 g/mol. The van der Waals surface area contributed by atoms with Crippen molar-refractivity contribution >= 4 is 17.5 Å². The summed E-state index contributed by atoms with van der Waals surface area (Å²) in [6.07, 6.45) is 2.99. The minimum Gasteiger partial charge on any atom is -0.507 e. The van der Waals surface area contributed by atoms with Crippen LogP contribution in [0.25, 0.3) is 0 Å². The molecular formula is C14H19ClN2O2. The van der Waals surface area contributed by atoms with Crippen LogP contribution in [0.3, 0.4) is 0 Å². The zero-order valence-corrected chi connectivity index (χ0v) is 11.6. The quantitative estimate of drug-likeness (QED) is 0.893. The summed E-state index contributed by atoms with van der Waals surface area (Å²) >= 11 is 5.76. The number of phenolic OH excluding ortho intramolecular Hbond substituents is 1. The highest BCUT2D eigenvalue weighted by atomic mass is 35.5. The Hall–Kier alpha value is -1.26. The Bertz CT molecular complexity index is 457. The van der Waals surface area contributed by atoms with Crippen molar-refractivity contribution in [2.24, 2.45) is 11.7 Å². The van der Waals surface area contributed by atoms with Crippen molar-refractivity contribution in [1.82, 2.24) is 4.90 Å². The van der Waals surface area contributed by atoms with Crippen LogP contribution in [-0.4, -0.2) is 35.5 Å². The number of carbonyl (C=O) groups is 1. The summed E-state index contributed by atoms with van der Waals surface area (Å²) in [5.41, 5.74) is 5.87. The molecule has 0 unspecified atom stereocenters. The van der Waals surface area contributed by atoms with Gasteiger partial charge in [0.2, 0.25) is 0 Å². The molecule has 5 heteroatoms. The number of nitrogens with zero attached hydrogens (tertiary/aromatic N) is 1. The number of phenols is 1. The number of carbonyl (C=O) groups excluding carboxylic acids is 1. The van der Waals surface area contributed by atoms with Gasteiger partial charge in [0.1, 0.15) is 5.75 Å². The standard InChI is InChI=1S/C14H19ClN2O2/c15-11-1-2-12(13(18)9-11)14(19)17-7-4-10(3-6-16)5-8-17/h1-2,9-10,18H,3-8,16H2. The molecule has 0 radical (unpaired) electrons. The van der Waals surface area contributed by atoms with Crippen LogP contribution in [0, 0.1) is 5.92 Å². The molecule has 1 aromatic rings. The minimum absolute atomic E-state index is 0.0541. The Morgan fingerprint density at radius 2 is 2.11 bits per heavy atom. The largest absolute Gasteiger partial charge is 0.507 e. The number of halogens is 1. The number of piperidine rings is 1. The first kappa shape index (κ1) is 14.2. The van der Waals surface area contributed by atoms with Gasteiger partial charge in [-0.15, -0.1) is 0 Å². The highest BCUT2D eigenvalue weighted by molar-refractivity contribution is 6.30. The van der Waals surface area contributed by atoms with Gasteiger partial charge in [0, 0.05) is 18.1 Å². The van der Waals surface area contributed by atoms with E-state index >= 15 is 0 Å². The van der Waals surface area contributed by atoms with Crippen LogP contribution < -0.4 is 5.73 Å². The van der Waals surface area contributed by atoms with E-state index in [1.807, 2.05) is 0 Å². The Balaban J connectivity index is 2.01. The summed E-state index contributed by atoms with van der Waals surface area (Å²) in [6, 6.07) is 4.59. The van der Waals surface area contributed by atoms with Gasteiger partial charge in [0.05, 0.1) is 5.56 Å². The zero-order valence-electron chi connectivity index (χ0n) is 10.8. The Morgan fingerprint density at radius 3 is 2.68 bits per heavy atom. The van der Waals surface area contributed by atoms with Gasteiger partial charge in [-0.25, -0.2) is 0 Å². The maximum atomic E-state index is 12.3. The van der Waals surface area contributed by atoms with E-state index in [4.69, 9.17) is 17.3 Å². The van der Waals surface area contributed by atoms with Crippen LogP contribution in [0.5, 0.6) is 5.75 Å². The number of nitrogens with two attached hydrogens (primary N) is 1. The van der Waals surface area contributed by atoms with E-state index < -0.39 is 0 Å². The van der Waals surface area contributed by atoms with E-state index in [1.54, 1.807) is 17.0 Å². The fourth-order valence-corrected chi connectivity index (χ4v) is 2.68.